The third-order valence-electron chi connectivity index (χ3n) is 11.5. The van der Waals surface area contributed by atoms with Crippen LogP contribution in [0.3, 0.4) is 0 Å². The molecule has 3 aliphatic heterocycles. The highest BCUT2D eigenvalue weighted by Crippen LogP contribution is 2.48. The van der Waals surface area contributed by atoms with Gasteiger partial charge in [0.1, 0.15) is 0 Å². The molecule has 6 rings (SSSR count). The van der Waals surface area contributed by atoms with E-state index in [1.54, 1.807) is 42.7 Å². The Morgan fingerprint density at radius 1 is 0.560 bits per heavy atom. The molecule has 0 fully saturated rings. The van der Waals surface area contributed by atoms with Gasteiger partial charge in [-0.05, 0) is 127 Å². The lowest BCUT2D eigenvalue weighted by Crippen LogP contribution is -2.55. The fourth-order valence-corrected chi connectivity index (χ4v) is 8.59. The summed E-state index contributed by atoms with van der Waals surface area (Å²) >= 11 is 0. The van der Waals surface area contributed by atoms with Gasteiger partial charge in [-0.25, -0.2) is 0 Å². The van der Waals surface area contributed by atoms with Gasteiger partial charge in [0.25, 0.3) is 0 Å². The standard InChI is InChI=1S/C40H56N4O6/c1-9-40(10-2,44-39-29-22-36(50-8)33(47-5)19-26(29)13-16-43-39)23-30(37-27-20-34(48-6)31(45-3)17-24(27)11-14-41-37)38-28-21-35(49-7)32(46-4)18-25(28)12-15-42-38/h17-22,30,37-39,41-44H,9-16,23H2,1-8H3. The summed E-state index contributed by atoms with van der Waals surface area (Å²) in [7, 11) is 10.3. The molecule has 0 bridgehead atoms. The largest absolute Gasteiger partial charge is 0.493 e. The summed E-state index contributed by atoms with van der Waals surface area (Å²) in [5.74, 6) is 4.73. The lowest BCUT2D eigenvalue weighted by atomic mass is 9.70. The van der Waals surface area contributed by atoms with E-state index in [-0.39, 0.29) is 29.7 Å². The number of fused-ring (bicyclic) bond motifs is 3. The van der Waals surface area contributed by atoms with Crippen LogP contribution in [0.25, 0.3) is 0 Å². The Hall–Kier alpha value is -3.70. The minimum atomic E-state index is -0.199. The zero-order valence-corrected chi connectivity index (χ0v) is 31.1. The zero-order chi connectivity index (χ0) is 35.4. The maximum Gasteiger partial charge on any atom is 0.161 e. The molecule has 272 valence electrons. The van der Waals surface area contributed by atoms with Crippen LogP contribution in [0.1, 0.15) is 84.7 Å². The molecule has 3 aromatic carbocycles. The number of hydrogen-bond donors (Lipinski definition) is 4. The first-order valence-electron chi connectivity index (χ1n) is 18.1. The first-order chi connectivity index (χ1) is 24.4. The first kappa shape index (κ1) is 36.1. The van der Waals surface area contributed by atoms with Gasteiger partial charge in [-0.15, -0.1) is 0 Å². The second-order valence-electron chi connectivity index (χ2n) is 13.7. The van der Waals surface area contributed by atoms with E-state index in [4.69, 9.17) is 28.4 Å². The number of ether oxygens (including phenoxy) is 6. The maximum absolute atomic E-state index is 5.86. The predicted molar refractivity (Wildman–Crippen MR) is 197 cm³/mol. The summed E-state index contributed by atoms with van der Waals surface area (Å²) in [4.78, 5) is 0. The van der Waals surface area contributed by atoms with E-state index in [9.17, 15) is 0 Å². The minimum Gasteiger partial charge on any atom is -0.493 e. The number of nitrogens with one attached hydrogen (secondary N) is 4. The fourth-order valence-electron chi connectivity index (χ4n) is 8.59. The van der Waals surface area contributed by atoms with Crippen molar-refractivity contribution in [2.24, 2.45) is 5.92 Å². The maximum atomic E-state index is 5.86. The van der Waals surface area contributed by atoms with Crippen LogP contribution in [0.4, 0.5) is 0 Å². The smallest absolute Gasteiger partial charge is 0.161 e. The molecule has 0 amide bonds. The first-order valence-corrected chi connectivity index (χ1v) is 18.1. The van der Waals surface area contributed by atoms with Gasteiger partial charge in [-0.3, -0.25) is 10.6 Å². The molecule has 0 radical (unpaired) electrons. The van der Waals surface area contributed by atoms with Crippen LogP contribution in [0.5, 0.6) is 34.5 Å². The molecular weight excluding hydrogens is 632 g/mol. The van der Waals surface area contributed by atoms with Gasteiger partial charge >= 0.3 is 0 Å². The van der Waals surface area contributed by atoms with Crippen LogP contribution in [0.15, 0.2) is 36.4 Å². The molecule has 10 nitrogen and oxygen atoms in total. The number of rotatable bonds is 14. The summed E-state index contributed by atoms with van der Waals surface area (Å²) in [6.45, 7) is 7.28. The number of methoxy groups -OCH3 is 6. The average molecular weight is 689 g/mol. The molecule has 4 N–H and O–H groups in total. The SMILES string of the molecule is CCC(CC)(CC(C1NCCc2cc(OC)c(OC)cc21)C1NCCc2cc(OC)c(OC)cc21)NC1NCCc2cc(OC)c(OC)cc21. The molecule has 3 unspecified atom stereocenters. The van der Waals surface area contributed by atoms with E-state index >= 15 is 0 Å². The summed E-state index contributed by atoms with van der Waals surface area (Å²) in [6, 6.07) is 13.1. The minimum absolute atomic E-state index is 0.0361. The predicted octanol–water partition coefficient (Wildman–Crippen LogP) is 5.81. The van der Waals surface area contributed by atoms with Gasteiger partial charge < -0.3 is 39.1 Å². The Labute approximate surface area is 297 Å². The van der Waals surface area contributed by atoms with Crippen LogP contribution in [-0.4, -0.2) is 67.8 Å². The highest BCUT2D eigenvalue weighted by Gasteiger charge is 2.43. The van der Waals surface area contributed by atoms with Crippen molar-refractivity contribution < 1.29 is 28.4 Å². The monoisotopic (exact) mass is 688 g/mol. The molecule has 3 aromatic rings. The van der Waals surface area contributed by atoms with Gasteiger partial charge in [0, 0.05) is 24.2 Å². The molecule has 0 aliphatic carbocycles. The van der Waals surface area contributed by atoms with Crippen molar-refractivity contribution in [3.05, 3.63) is 69.8 Å². The van der Waals surface area contributed by atoms with Gasteiger partial charge in [0.2, 0.25) is 0 Å². The lowest BCUT2D eigenvalue weighted by Gasteiger charge is -2.47. The van der Waals surface area contributed by atoms with Crippen molar-refractivity contribution in [3.63, 3.8) is 0 Å². The van der Waals surface area contributed by atoms with Gasteiger partial charge in [-0.1, -0.05) is 13.8 Å². The molecule has 10 heteroatoms. The second kappa shape index (κ2) is 15.7. The molecule has 3 aliphatic rings. The molecule has 0 spiro atoms. The van der Waals surface area contributed by atoms with Crippen molar-refractivity contribution in [1.82, 2.24) is 21.3 Å². The van der Waals surface area contributed by atoms with Crippen LogP contribution >= 0.6 is 0 Å². The topological polar surface area (TPSA) is 104 Å². The third kappa shape index (κ3) is 6.83. The summed E-state index contributed by atoms with van der Waals surface area (Å²) in [5.41, 5.74) is 7.44. The molecule has 3 atom stereocenters. The Bertz CT molecular complexity index is 1570. The van der Waals surface area contributed by atoms with Crippen molar-refractivity contribution in [3.8, 4) is 34.5 Å². The Balaban J connectivity index is 1.45. The Kier molecular flexibility index (Phi) is 11.3. The van der Waals surface area contributed by atoms with E-state index in [1.807, 2.05) is 0 Å². The van der Waals surface area contributed by atoms with E-state index in [0.29, 0.717) is 0 Å². The average Bonchev–Trinajstić information content (AvgIpc) is 3.17. The van der Waals surface area contributed by atoms with Gasteiger partial charge in [0.15, 0.2) is 34.5 Å². The molecule has 0 saturated heterocycles. The zero-order valence-electron chi connectivity index (χ0n) is 31.1. The highest BCUT2D eigenvalue weighted by atomic mass is 16.5. The third-order valence-corrected chi connectivity index (χ3v) is 11.5. The van der Waals surface area contributed by atoms with Crippen LogP contribution < -0.4 is 49.7 Å². The Morgan fingerprint density at radius 2 is 0.920 bits per heavy atom. The van der Waals surface area contributed by atoms with Gasteiger partial charge in [0.05, 0.1) is 48.8 Å². The van der Waals surface area contributed by atoms with Crippen molar-refractivity contribution >= 4 is 0 Å². The van der Waals surface area contributed by atoms with Gasteiger partial charge in [-0.2, -0.15) is 0 Å². The molecule has 50 heavy (non-hydrogen) atoms. The lowest BCUT2D eigenvalue weighted by molar-refractivity contribution is 0.142. The van der Waals surface area contributed by atoms with Crippen molar-refractivity contribution in [1.29, 1.82) is 0 Å². The quantitative estimate of drug-likeness (QED) is 0.166. The van der Waals surface area contributed by atoms with Crippen LogP contribution in [0, 0.1) is 5.92 Å². The molecule has 0 aromatic heterocycles. The highest BCUT2D eigenvalue weighted by molar-refractivity contribution is 5.52. The summed E-state index contributed by atoms with van der Waals surface area (Å²) < 4.78 is 34.7. The van der Waals surface area contributed by atoms with Crippen molar-refractivity contribution in [2.45, 2.75) is 76.2 Å². The number of benzene rings is 3. The summed E-state index contributed by atoms with van der Waals surface area (Å²) in [6.07, 6.45) is 5.58. The summed E-state index contributed by atoms with van der Waals surface area (Å²) in [5, 5.41) is 16.0. The fraction of sp³-hybridized carbons (Fsp3) is 0.550. The van der Waals surface area contributed by atoms with E-state index < -0.39 is 0 Å². The molecular formula is C40H56N4O6. The van der Waals surface area contributed by atoms with Crippen LogP contribution in [-0.2, 0) is 19.3 Å². The van der Waals surface area contributed by atoms with E-state index in [2.05, 4.69) is 71.5 Å². The second-order valence-corrected chi connectivity index (χ2v) is 13.7. The normalized spacial score (nSPS) is 20.5. The Morgan fingerprint density at radius 3 is 1.32 bits per heavy atom. The number of hydrogen-bond acceptors (Lipinski definition) is 10. The van der Waals surface area contributed by atoms with Crippen LogP contribution in [0.2, 0.25) is 0 Å². The van der Waals surface area contributed by atoms with E-state index in [1.165, 1.54) is 33.4 Å². The van der Waals surface area contributed by atoms with Crippen molar-refractivity contribution in [2.75, 3.05) is 62.3 Å². The van der Waals surface area contributed by atoms with E-state index in [0.717, 1.165) is 92.7 Å². The molecule has 0 saturated carbocycles. The molecule has 3 heterocycles.